The molecule has 0 saturated heterocycles. The van der Waals surface area contributed by atoms with Crippen LogP contribution >= 0.6 is 0 Å². The number of methoxy groups -OCH3 is 1. The molecule has 0 aromatic heterocycles. The highest BCUT2D eigenvalue weighted by molar-refractivity contribution is 6.24. The molecule has 0 amide bonds. The summed E-state index contributed by atoms with van der Waals surface area (Å²) in [6.07, 6.45) is 0. The molecule has 0 fully saturated rings. The van der Waals surface area contributed by atoms with E-state index >= 15 is 0 Å². The monoisotopic (exact) mass is 144 g/mol. The Morgan fingerprint density at radius 2 is 1.90 bits per heavy atom. The molecule has 10 heavy (non-hydrogen) atoms. The molecule has 0 saturated carbocycles. The van der Waals surface area contributed by atoms with Crippen molar-refractivity contribution < 1.29 is 9.39 Å². The first-order valence-electron chi connectivity index (χ1n) is 3.69. The molecule has 0 unspecified atom stereocenters. The third-order valence-electron chi connectivity index (χ3n) is 1.23. The van der Waals surface area contributed by atoms with E-state index in [1.54, 1.807) is 7.11 Å². The van der Waals surface area contributed by atoms with Crippen LogP contribution in [0.15, 0.2) is 0 Å². The topological polar surface area (TPSA) is 18.5 Å². The van der Waals surface area contributed by atoms with Crippen LogP contribution in [0, 0.1) is 5.41 Å². The number of hydrogen-bond acceptors (Lipinski definition) is 2. The average molecular weight is 144 g/mol. The predicted molar refractivity (Wildman–Crippen MR) is 44.6 cm³/mol. The van der Waals surface area contributed by atoms with Gasteiger partial charge in [0.25, 0.3) is 7.48 Å². The minimum Gasteiger partial charge on any atom is -0.439 e. The second-order valence-electron chi connectivity index (χ2n) is 3.23. The lowest BCUT2D eigenvalue weighted by Crippen LogP contribution is -2.25. The molecule has 0 spiro atoms. The lowest BCUT2D eigenvalue weighted by Gasteiger charge is -2.22. The molecule has 0 bridgehead atoms. The van der Waals surface area contributed by atoms with Gasteiger partial charge in [0.15, 0.2) is 0 Å². The fourth-order valence-corrected chi connectivity index (χ4v) is 0.811. The molecular formula is C7H17BO2. The van der Waals surface area contributed by atoms with Crippen LogP contribution in [0.3, 0.4) is 0 Å². The van der Waals surface area contributed by atoms with Gasteiger partial charge in [-0.05, 0) is 0 Å². The molecule has 0 radical (unpaired) electrons. The Labute approximate surface area is 64.2 Å². The van der Waals surface area contributed by atoms with Gasteiger partial charge in [0, 0.05) is 19.1 Å². The van der Waals surface area contributed by atoms with Crippen LogP contribution in [0.5, 0.6) is 0 Å². The maximum Gasteiger partial charge on any atom is 0.271 e. The van der Waals surface area contributed by atoms with Crippen LogP contribution < -0.4 is 0 Å². The molecule has 60 valence electrons. The van der Waals surface area contributed by atoms with E-state index in [1.807, 2.05) is 6.82 Å². The van der Waals surface area contributed by atoms with Gasteiger partial charge in [0.1, 0.15) is 0 Å². The molecule has 0 heterocycles. The minimum absolute atomic E-state index is 0.157. The maximum atomic E-state index is 5.27. The average Bonchev–Trinajstić information content (AvgIpc) is 1.84. The van der Waals surface area contributed by atoms with Gasteiger partial charge in [-0.15, -0.1) is 0 Å². The highest BCUT2D eigenvalue weighted by atomic mass is 16.5. The van der Waals surface area contributed by atoms with E-state index in [4.69, 9.17) is 9.39 Å². The van der Waals surface area contributed by atoms with Crippen molar-refractivity contribution in [2.75, 3.05) is 20.3 Å². The highest BCUT2D eigenvalue weighted by Crippen LogP contribution is 2.14. The third-order valence-corrected chi connectivity index (χ3v) is 1.23. The number of rotatable bonds is 5. The molecule has 0 rings (SSSR count). The summed E-state index contributed by atoms with van der Waals surface area (Å²) in [7, 11) is 2.50. The summed E-state index contributed by atoms with van der Waals surface area (Å²) >= 11 is 0. The van der Waals surface area contributed by atoms with E-state index in [9.17, 15) is 0 Å². The van der Waals surface area contributed by atoms with Crippen LogP contribution in [-0.2, 0) is 9.39 Å². The first-order valence-corrected chi connectivity index (χ1v) is 3.69. The molecule has 3 heteroatoms. The van der Waals surface area contributed by atoms with Crippen LogP contribution in [0.4, 0.5) is 0 Å². The summed E-state index contributed by atoms with van der Waals surface area (Å²) in [5.74, 6) is 0. The van der Waals surface area contributed by atoms with Crippen LogP contribution in [0.1, 0.15) is 13.8 Å². The van der Waals surface area contributed by atoms with E-state index in [0.717, 1.165) is 20.7 Å². The fraction of sp³-hybridized carbons (Fsp3) is 1.00. The van der Waals surface area contributed by atoms with Crippen molar-refractivity contribution in [2.24, 2.45) is 5.41 Å². The number of hydrogen-bond donors (Lipinski definition) is 0. The zero-order valence-electron chi connectivity index (χ0n) is 7.44. The molecule has 0 aromatic carbocycles. The summed E-state index contributed by atoms with van der Waals surface area (Å²) in [6, 6.07) is 0. The third kappa shape index (κ3) is 4.83. The van der Waals surface area contributed by atoms with Gasteiger partial charge in [0.05, 0.1) is 6.61 Å². The van der Waals surface area contributed by atoms with Crippen LogP contribution in [0.25, 0.3) is 0 Å². The Morgan fingerprint density at radius 3 is 2.30 bits per heavy atom. The molecule has 2 nitrogen and oxygen atoms in total. The second kappa shape index (κ2) is 4.75. The normalized spacial score (nSPS) is 11.6. The Morgan fingerprint density at radius 1 is 1.30 bits per heavy atom. The summed E-state index contributed by atoms with van der Waals surface area (Å²) in [6.45, 7) is 7.80. The zero-order chi connectivity index (χ0) is 8.04. The van der Waals surface area contributed by atoms with Crippen molar-refractivity contribution in [1.29, 1.82) is 0 Å². The zero-order valence-corrected chi connectivity index (χ0v) is 7.44. The van der Waals surface area contributed by atoms with Crippen molar-refractivity contribution in [3.8, 4) is 0 Å². The molecule has 0 atom stereocenters. The SMILES string of the molecule is CBOCC(C)(C)COC. The number of ether oxygens (including phenoxy) is 1. The van der Waals surface area contributed by atoms with Crippen molar-refractivity contribution in [2.45, 2.75) is 20.7 Å². The van der Waals surface area contributed by atoms with Gasteiger partial charge >= 0.3 is 0 Å². The highest BCUT2D eigenvalue weighted by Gasteiger charge is 2.16. The van der Waals surface area contributed by atoms with E-state index in [0.29, 0.717) is 0 Å². The van der Waals surface area contributed by atoms with Crippen molar-refractivity contribution in [3.63, 3.8) is 0 Å². The largest absolute Gasteiger partial charge is 0.439 e. The lowest BCUT2D eigenvalue weighted by atomic mass is 9.95. The molecule has 0 N–H and O–H groups in total. The van der Waals surface area contributed by atoms with Crippen LogP contribution in [0.2, 0.25) is 6.82 Å². The van der Waals surface area contributed by atoms with Crippen LogP contribution in [-0.4, -0.2) is 27.8 Å². The lowest BCUT2D eigenvalue weighted by molar-refractivity contribution is 0.0660. The maximum absolute atomic E-state index is 5.27. The van der Waals surface area contributed by atoms with Crippen molar-refractivity contribution in [3.05, 3.63) is 0 Å². The van der Waals surface area contributed by atoms with E-state index in [-0.39, 0.29) is 5.41 Å². The predicted octanol–water partition coefficient (Wildman–Crippen LogP) is 1.08. The van der Waals surface area contributed by atoms with E-state index in [2.05, 4.69) is 13.8 Å². The molecule has 0 aromatic rings. The molecular weight excluding hydrogens is 127 g/mol. The van der Waals surface area contributed by atoms with Gasteiger partial charge in [-0.3, -0.25) is 0 Å². The van der Waals surface area contributed by atoms with Crippen molar-refractivity contribution in [1.82, 2.24) is 0 Å². The van der Waals surface area contributed by atoms with Gasteiger partial charge in [0.2, 0.25) is 0 Å². The van der Waals surface area contributed by atoms with E-state index in [1.165, 1.54) is 0 Å². The van der Waals surface area contributed by atoms with Gasteiger partial charge in [-0.25, -0.2) is 0 Å². The summed E-state index contributed by atoms with van der Waals surface area (Å²) in [5.41, 5.74) is 0.157. The van der Waals surface area contributed by atoms with Gasteiger partial charge in [-0.1, -0.05) is 20.7 Å². The first kappa shape index (κ1) is 9.98. The van der Waals surface area contributed by atoms with Gasteiger partial charge < -0.3 is 9.39 Å². The Kier molecular flexibility index (Phi) is 4.74. The quantitative estimate of drug-likeness (QED) is 0.537. The Balaban J connectivity index is 3.42. The smallest absolute Gasteiger partial charge is 0.271 e. The summed E-state index contributed by atoms with van der Waals surface area (Å²) in [5, 5.41) is 0. The summed E-state index contributed by atoms with van der Waals surface area (Å²) in [4.78, 5) is 0. The Hall–Kier alpha value is -0.0151. The standard InChI is InChI=1S/C7H17BO2/c1-7(2,5-9-4)6-10-8-3/h8H,5-6H2,1-4H3. The van der Waals surface area contributed by atoms with Gasteiger partial charge in [-0.2, -0.15) is 0 Å². The molecule has 0 aliphatic carbocycles. The molecule has 0 aliphatic rings. The first-order chi connectivity index (χ1) is 4.62. The van der Waals surface area contributed by atoms with Crippen molar-refractivity contribution >= 4 is 7.48 Å². The second-order valence-corrected chi connectivity index (χ2v) is 3.23. The fourth-order valence-electron chi connectivity index (χ4n) is 0.811. The molecule has 0 aliphatic heterocycles. The van der Waals surface area contributed by atoms with E-state index < -0.39 is 0 Å². The summed E-state index contributed by atoms with van der Waals surface area (Å²) < 4.78 is 10.3. The minimum atomic E-state index is 0.157. The Bertz CT molecular complexity index is 83.7.